The molecule has 0 saturated heterocycles. The van der Waals surface area contributed by atoms with Crippen LogP contribution in [-0.2, 0) is 0 Å². The van der Waals surface area contributed by atoms with Crippen LogP contribution in [0.15, 0.2) is 24.3 Å². The number of aryl methyl sites for hydroxylation is 1. The topological polar surface area (TPSA) is 51.2 Å². The summed E-state index contributed by atoms with van der Waals surface area (Å²) in [5, 5.41) is 10.1. The Balaban J connectivity index is 2.87. The van der Waals surface area contributed by atoms with Gasteiger partial charge in [0.05, 0.1) is 5.52 Å². The third-order valence-corrected chi connectivity index (χ3v) is 2.02. The van der Waals surface area contributed by atoms with Gasteiger partial charge in [-0.15, -0.1) is 0 Å². The van der Waals surface area contributed by atoms with Crippen LogP contribution in [0.5, 0.6) is 5.75 Å². The van der Waals surface area contributed by atoms with E-state index in [2.05, 4.69) is 0 Å². The van der Waals surface area contributed by atoms with Gasteiger partial charge in [-0.3, -0.25) is 4.68 Å². The third-order valence-electron chi connectivity index (χ3n) is 2.02. The molecule has 2 rings (SSSR count). The number of hydrogen-bond donors (Lipinski definition) is 2. The molecule has 3 N–H and O–H groups in total. The number of phenolic OH excluding ortho intramolecular Hbond substituents is 1. The molecule has 0 spiro atoms. The second kappa shape index (κ2) is 2.17. The SMILES string of the molecule is Cc1cc2cc(O)ccc2n1N. The van der Waals surface area contributed by atoms with Crippen LogP contribution in [0.1, 0.15) is 5.69 Å². The van der Waals surface area contributed by atoms with E-state index in [4.69, 9.17) is 5.84 Å². The van der Waals surface area contributed by atoms with Gasteiger partial charge in [-0.1, -0.05) is 0 Å². The van der Waals surface area contributed by atoms with Crippen molar-refractivity contribution in [3.63, 3.8) is 0 Å². The van der Waals surface area contributed by atoms with E-state index in [0.717, 1.165) is 16.6 Å². The second-order valence-electron chi connectivity index (χ2n) is 2.90. The molecule has 2 aromatic rings. The van der Waals surface area contributed by atoms with Crippen molar-refractivity contribution in [3.8, 4) is 5.75 Å². The lowest BCUT2D eigenvalue weighted by Gasteiger charge is -1.97. The molecule has 12 heavy (non-hydrogen) atoms. The van der Waals surface area contributed by atoms with Gasteiger partial charge in [-0.2, -0.15) is 0 Å². The first-order valence-corrected chi connectivity index (χ1v) is 3.74. The first kappa shape index (κ1) is 7.03. The van der Waals surface area contributed by atoms with Gasteiger partial charge in [-0.25, -0.2) is 0 Å². The Morgan fingerprint density at radius 3 is 2.83 bits per heavy atom. The molecule has 0 fully saturated rings. The largest absolute Gasteiger partial charge is 0.508 e. The Morgan fingerprint density at radius 2 is 2.08 bits per heavy atom. The molecule has 0 aliphatic rings. The van der Waals surface area contributed by atoms with Crippen LogP contribution in [0.25, 0.3) is 10.9 Å². The van der Waals surface area contributed by atoms with Crippen LogP contribution in [-0.4, -0.2) is 9.78 Å². The fourth-order valence-corrected chi connectivity index (χ4v) is 1.36. The van der Waals surface area contributed by atoms with Gasteiger partial charge in [0.1, 0.15) is 5.75 Å². The summed E-state index contributed by atoms with van der Waals surface area (Å²) in [6.45, 7) is 1.93. The van der Waals surface area contributed by atoms with Gasteiger partial charge in [0.15, 0.2) is 0 Å². The van der Waals surface area contributed by atoms with E-state index in [1.54, 1.807) is 22.9 Å². The monoisotopic (exact) mass is 162 g/mol. The highest BCUT2D eigenvalue weighted by molar-refractivity contribution is 5.82. The molecule has 0 amide bonds. The average Bonchev–Trinajstić information content (AvgIpc) is 2.28. The summed E-state index contributed by atoms with van der Waals surface area (Å²) < 4.78 is 1.61. The van der Waals surface area contributed by atoms with Gasteiger partial charge in [0.25, 0.3) is 0 Å². The van der Waals surface area contributed by atoms with Crippen molar-refractivity contribution in [2.45, 2.75) is 6.92 Å². The number of aromatic nitrogens is 1. The Hall–Kier alpha value is -1.64. The fourth-order valence-electron chi connectivity index (χ4n) is 1.36. The number of nitrogen functional groups attached to an aromatic ring is 1. The van der Waals surface area contributed by atoms with E-state index in [1.165, 1.54) is 0 Å². The van der Waals surface area contributed by atoms with E-state index >= 15 is 0 Å². The van der Waals surface area contributed by atoms with Crippen molar-refractivity contribution < 1.29 is 5.11 Å². The predicted octanol–water partition coefficient (Wildman–Crippen LogP) is 1.37. The van der Waals surface area contributed by atoms with Crippen molar-refractivity contribution >= 4 is 10.9 Å². The number of aromatic hydroxyl groups is 1. The second-order valence-corrected chi connectivity index (χ2v) is 2.90. The molecule has 0 aliphatic heterocycles. The van der Waals surface area contributed by atoms with E-state index in [-0.39, 0.29) is 5.75 Å². The van der Waals surface area contributed by atoms with Crippen LogP contribution >= 0.6 is 0 Å². The van der Waals surface area contributed by atoms with Gasteiger partial charge in [-0.05, 0) is 31.2 Å². The molecular weight excluding hydrogens is 152 g/mol. The summed E-state index contributed by atoms with van der Waals surface area (Å²) in [6.07, 6.45) is 0. The number of rotatable bonds is 0. The maximum Gasteiger partial charge on any atom is 0.116 e. The summed E-state index contributed by atoms with van der Waals surface area (Å²) in [7, 11) is 0. The minimum atomic E-state index is 0.271. The number of hydrogen-bond acceptors (Lipinski definition) is 2. The van der Waals surface area contributed by atoms with Crippen LogP contribution in [0.2, 0.25) is 0 Å². The number of nitrogens with two attached hydrogens (primary N) is 1. The van der Waals surface area contributed by atoms with E-state index in [0.29, 0.717) is 0 Å². The van der Waals surface area contributed by atoms with Crippen LogP contribution < -0.4 is 5.84 Å². The van der Waals surface area contributed by atoms with Crippen molar-refractivity contribution in [2.24, 2.45) is 0 Å². The lowest BCUT2D eigenvalue weighted by Crippen LogP contribution is -2.08. The summed E-state index contributed by atoms with van der Waals surface area (Å²) in [4.78, 5) is 0. The fraction of sp³-hybridized carbons (Fsp3) is 0.111. The molecule has 1 aromatic carbocycles. The zero-order chi connectivity index (χ0) is 8.72. The maximum absolute atomic E-state index is 9.18. The molecule has 1 aromatic heterocycles. The number of nitrogens with zero attached hydrogens (tertiary/aromatic N) is 1. The molecule has 0 radical (unpaired) electrons. The molecule has 0 unspecified atom stereocenters. The van der Waals surface area contributed by atoms with Crippen molar-refractivity contribution in [1.82, 2.24) is 4.68 Å². The molecule has 3 nitrogen and oxygen atoms in total. The third kappa shape index (κ3) is 0.830. The molecule has 1 heterocycles. The van der Waals surface area contributed by atoms with E-state index < -0.39 is 0 Å². The molecule has 0 atom stereocenters. The Labute approximate surface area is 70.0 Å². The smallest absolute Gasteiger partial charge is 0.116 e. The zero-order valence-electron chi connectivity index (χ0n) is 6.78. The van der Waals surface area contributed by atoms with E-state index in [1.807, 2.05) is 13.0 Å². The van der Waals surface area contributed by atoms with Crippen LogP contribution in [0.4, 0.5) is 0 Å². The number of benzene rings is 1. The Kier molecular flexibility index (Phi) is 1.27. The summed E-state index contributed by atoms with van der Waals surface area (Å²) in [5.41, 5.74) is 1.92. The van der Waals surface area contributed by atoms with Crippen molar-refractivity contribution in [2.75, 3.05) is 5.84 Å². The Bertz CT molecular complexity index is 431. The molecule has 0 aliphatic carbocycles. The predicted molar refractivity (Wildman–Crippen MR) is 48.5 cm³/mol. The summed E-state index contributed by atoms with van der Waals surface area (Å²) >= 11 is 0. The Morgan fingerprint density at radius 1 is 1.33 bits per heavy atom. The lowest BCUT2D eigenvalue weighted by molar-refractivity contribution is 0.476. The van der Waals surface area contributed by atoms with Gasteiger partial charge in [0, 0.05) is 11.1 Å². The summed E-state index contributed by atoms with van der Waals surface area (Å²) in [5.74, 6) is 5.99. The minimum Gasteiger partial charge on any atom is -0.508 e. The van der Waals surface area contributed by atoms with Gasteiger partial charge < -0.3 is 10.9 Å². The molecule has 3 heteroatoms. The minimum absolute atomic E-state index is 0.271. The highest BCUT2D eigenvalue weighted by Crippen LogP contribution is 2.21. The first-order chi connectivity index (χ1) is 5.68. The zero-order valence-corrected chi connectivity index (χ0v) is 6.78. The quantitative estimate of drug-likeness (QED) is 0.575. The normalized spacial score (nSPS) is 10.8. The molecule has 0 bridgehead atoms. The first-order valence-electron chi connectivity index (χ1n) is 3.74. The molecule has 0 saturated carbocycles. The highest BCUT2D eigenvalue weighted by Gasteiger charge is 2.02. The van der Waals surface area contributed by atoms with Gasteiger partial charge in [0.2, 0.25) is 0 Å². The standard InChI is InChI=1S/C9H10N2O/c1-6-4-7-5-8(12)2-3-9(7)11(6)10/h2-5,12H,10H2,1H3. The lowest BCUT2D eigenvalue weighted by atomic mass is 10.2. The molecule has 62 valence electrons. The maximum atomic E-state index is 9.18. The van der Waals surface area contributed by atoms with Crippen molar-refractivity contribution in [3.05, 3.63) is 30.0 Å². The van der Waals surface area contributed by atoms with Crippen LogP contribution in [0.3, 0.4) is 0 Å². The highest BCUT2D eigenvalue weighted by atomic mass is 16.3. The van der Waals surface area contributed by atoms with E-state index in [9.17, 15) is 5.11 Å². The summed E-state index contributed by atoms with van der Waals surface area (Å²) in [6, 6.07) is 7.07. The molecular formula is C9H10N2O. The number of fused-ring (bicyclic) bond motifs is 1. The average molecular weight is 162 g/mol. The van der Waals surface area contributed by atoms with Crippen LogP contribution in [0, 0.1) is 6.92 Å². The van der Waals surface area contributed by atoms with Crippen molar-refractivity contribution in [1.29, 1.82) is 0 Å². The number of phenols is 1. The van der Waals surface area contributed by atoms with Gasteiger partial charge >= 0.3 is 0 Å².